The van der Waals surface area contributed by atoms with Crippen molar-refractivity contribution in [1.82, 2.24) is 9.78 Å². The van der Waals surface area contributed by atoms with Crippen LogP contribution in [0.15, 0.2) is 54.7 Å². The molecule has 20 heavy (non-hydrogen) atoms. The van der Waals surface area contributed by atoms with Gasteiger partial charge in [0.15, 0.2) is 0 Å². The van der Waals surface area contributed by atoms with E-state index in [1.165, 1.54) is 11.1 Å². The maximum absolute atomic E-state index is 4.66. The Balaban J connectivity index is 0.00000147. The molecule has 0 N–H and O–H groups in total. The summed E-state index contributed by atoms with van der Waals surface area (Å²) in [6.45, 7) is 4.22. The Bertz CT molecular complexity index is 682. The first kappa shape index (κ1) is 14.7. The van der Waals surface area contributed by atoms with Crippen molar-refractivity contribution in [2.45, 2.75) is 13.8 Å². The van der Waals surface area contributed by atoms with Gasteiger partial charge < -0.3 is 0 Å². The predicted octanol–water partition coefficient (Wildman–Crippen LogP) is 3.95. The Morgan fingerprint density at radius 3 is 2.35 bits per heavy atom. The molecule has 0 atom stereocenters. The molecule has 1 radical (unpaired) electrons. The smallest absolute Gasteiger partial charge is 0.0694 e. The molecule has 0 aliphatic heterocycles. The second-order valence-corrected chi connectivity index (χ2v) is 4.66. The number of aromatic nitrogens is 2. The fourth-order valence-electron chi connectivity index (χ4n) is 2.31. The molecular weight excluding hydrogens is 424 g/mol. The fraction of sp³-hybridized carbons (Fsp3) is 0.118. The Morgan fingerprint density at radius 1 is 0.950 bits per heavy atom. The van der Waals surface area contributed by atoms with Crippen molar-refractivity contribution in [3.8, 4) is 16.9 Å². The number of aryl methyl sites for hydroxylation is 2. The van der Waals surface area contributed by atoms with Gasteiger partial charge in [-0.25, -0.2) is 9.78 Å². The standard InChI is InChI=1S/C17H15N2.Ir/c1-13-7-6-8-14(2)17(13)19-12-11-16(18-19)15-9-4-3-5-10-15;/h3-9,11-12H,1-2H3;/q-1;. The van der Waals surface area contributed by atoms with Crippen molar-refractivity contribution < 1.29 is 20.1 Å². The van der Waals surface area contributed by atoms with Gasteiger partial charge in [-0.15, -0.1) is 35.9 Å². The Hall–Kier alpha value is -1.70. The summed E-state index contributed by atoms with van der Waals surface area (Å²) in [5, 5.41) is 4.66. The zero-order valence-corrected chi connectivity index (χ0v) is 13.8. The average molecular weight is 440 g/mol. The topological polar surface area (TPSA) is 17.8 Å². The summed E-state index contributed by atoms with van der Waals surface area (Å²) in [5.41, 5.74) is 5.58. The van der Waals surface area contributed by atoms with Crippen LogP contribution in [0.4, 0.5) is 0 Å². The summed E-state index contributed by atoms with van der Waals surface area (Å²) in [6, 6.07) is 19.4. The van der Waals surface area contributed by atoms with Gasteiger partial charge in [0.05, 0.1) is 5.69 Å². The quantitative estimate of drug-likeness (QED) is 0.553. The number of hydrogen-bond acceptors (Lipinski definition) is 1. The largest absolute Gasteiger partial charge is 0.250 e. The van der Waals surface area contributed by atoms with Crippen LogP contribution in [-0.4, -0.2) is 9.78 Å². The normalized spacial score (nSPS) is 10.1. The molecule has 2 nitrogen and oxygen atoms in total. The Morgan fingerprint density at radius 2 is 1.70 bits per heavy atom. The van der Waals surface area contributed by atoms with Gasteiger partial charge in [-0.3, -0.25) is 0 Å². The minimum absolute atomic E-state index is 0. The molecule has 1 heterocycles. The van der Waals surface area contributed by atoms with Gasteiger partial charge in [0.2, 0.25) is 0 Å². The molecule has 0 spiro atoms. The molecule has 103 valence electrons. The van der Waals surface area contributed by atoms with E-state index in [1.807, 2.05) is 41.2 Å². The van der Waals surface area contributed by atoms with Gasteiger partial charge in [0, 0.05) is 32.0 Å². The Kier molecular flexibility index (Phi) is 4.53. The van der Waals surface area contributed by atoms with E-state index in [4.69, 9.17) is 0 Å². The van der Waals surface area contributed by atoms with Gasteiger partial charge in [0.1, 0.15) is 0 Å². The second kappa shape index (κ2) is 6.17. The molecule has 3 rings (SSSR count). The minimum atomic E-state index is 0. The SMILES string of the molecule is Cc1cccc(C)c1-n1ccc(-c2[c-]cccc2)n1.[Ir]. The van der Waals surface area contributed by atoms with Crippen LogP contribution in [0.25, 0.3) is 16.9 Å². The monoisotopic (exact) mass is 440 g/mol. The molecule has 0 aliphatic carbocycles. The van der Waals surface area contributed by atoms with Crippen LogP contribution in [0.1, 0.15) is 11.1 Å². The van der Waals surface area contributed by atoms with Gasteiger partial charge in [0.25, 0.3) is 0 Å². The summed E-state index contributed by atoms with van der Waals surface area (Å²) >= 11 is 0. The molecule has 2 aromatic carbocycles. The van der Waals surface area contributed by atoms with Crippen LogP contribution in [0.2, 0.25) is 0 Å². The van der Waals surface area contributed by atoms with Crippen LogP contribution >= 0.6 is 0 Å². The molecular formula is C17H15IrN2-. The summed E-state index contributed by atoms with van der Waals surface area (Å²) in [6.07, 6.45) is 2.01. The molecule has 0 unspecified atom stereocenters. The summed E-state index contributed by atoms with van der Waals surface area (Å²) < 4.78 is 1.95. The first-order chi connectivity index (χ1) is 9.25. The second-order valence-electron chi connectivity index (χ2n) is 4.66. The zero-order valence-electron chi connectivity index (χ0n) is 11.4. The molecule has 0 saturated carbocycles. The number of hydrogen-bond donors (Lipinski definition) is 0. The van der Waals surface area contributed by atoms with Gasteiger partial charge in [-0.1, -0.05) is 24.3 Å². The molecule has 3 aromatic rings. The number of rotatable bonds is 2. The van der Waals surface area contributed by atoms with Crippen LogP contribution in [0.3, 0.4) is 0 Å². The van der Waals surface area contributed by atoms with Crippen LogP contribution in [0, 0.1) is 19.9 Å². The van der Waals surface area contributed by atoms with E-state index in [1.54, 1.807) is 0 Å². The molecule has 0 saturated heterocycles. The van der Waals surface area contributed by atoms with E-state index in [0.29, 0.717) is 0 Å². The van der Waals surface area contributed by atoms with E-state index in [0.717, 1.165) is 16.9 Å². The van der Waals surface area contributed by atoms with Gasteiger partial charge in [-0.05, 0) is 25.0 Å². The van der Waals surface area contributed by atoms with Crippen molar-refractivity contribution in [1.29, 1.82) is 0 Å². The van der Waals surface area contributed by atoms with E-state index in [2.05, 4.69) is 43.2 Å². The van der Waals surface area contributed by atoms with Crippen molar-refractivity contribution in [2.24, 2.45) is 0 Å². The van der Waals surface area contributed by atoms with Gasteiger partial charge in [-0.2, -0.15) is 0 Å². The molecule has 0 bridgehead atoms. The minimum Gasteiger partial charge on any atom is -0.250 e. The van der Waals surface area contributed by atoms with Crippen molar-refractivity contribution >= 4 is 0 Å². The van der Waals surface area contributed by atoms with E-state index >= 15 is 0 Å². The Labute approximate surface area is 132 Å². The predicted molar refractivity (Wildman–Crippen MR) is 77.3 cm³/mol. The van der Waals surface area contributed by atoms with Crippen LogP contribution in [-0.2, 0) is 20.1 Å². The van der Waals surface area contributed by atoms with Crippen LogP contribution < -0.4 is 0 Å². The maximum atomic E-state index is 4.66. The number of benzene rings is 2. The van der Waals surface area contributed by atoms with Crippen molar-refractivity contribution in [3.05, 3.63) is 71.9 Å². The number of nitrogens with zero attached hydrogens (tertiary/aromatic N) is 2. The van der Waals surface area contributed by atoms with Gasteiger partial charge >= 0.3 is 0 Å². The number of para-hydroxylation sites is 1. The molecule has 0 fully saturated rings. The first-order valence-corrected chi connectivity index (χ1v) is 6.35. The average Bonchev–Trinajstić information content (AvgIpc) is 2.89. The molecule has 3 heteroatoms. The summed E-state index contributed by atoms with van der Waals surface area (Å²) in [7, 11) is 0. The van der Waals surface area contributed by atoms with Crippen molar-refractivity contribution in [3.63, 3.8) is 0 Å². The fourth-order valence-corrected chi connectivity index (χ4v) is 2.31. The van der Waals surface area contributed by atoms with Crippen LogP contribution in [0.5, 0.6) is 0 Å². The molecule has 0 amide bonds. The third-order valence-corrected chi connectivity index (χ3v) is 3.24. The van der Waals surface area contributed by atoms with E-state index in [9.17, 15) is 0 Å². The summed E-state index contributed by atoms with van der Waals surface area (Å²) in [5.74, 6) is 0. The first-order valence-electron chi connectivity index (χ1n) is 6.35. The maximum Gasteiger partial charge on any atom is 0.0694 e. The zero-order chi connectivity index (χ0) is 13.2. The van der Waals surface area contributed by atoms with E-state index in [-0.39, 0.29) is 20.1 Å². The van der Waals surface area contributed by atoms with Crippen molar-refractivity contribution in [2.75, 3.05) is 0 Å². The molecule has 0 aliphatic rings. The molecule has 1 aromatic heterocycles. The summed E-state index contributed by atoms with van der Waals surface area (Å²) in [4.78, 5) is 0. The third kappa shape index (κ3) is 2.74. The van der Waals surface area contributed by atoms with E-state index < -0.39 is 0 Å². The third-order valence-electron chi connectivity index (χ3n) is 3.24.